The van der Waals surface area contributed by atoms with Gasteiger partial charge in [-0.3, -0.25) is 0 Å². The van der Waals surface area contributed by atoms with Gasteiger partial charge in [-0.05, 0) is 58.7 Å². The third-order valence-electron chi connectivity index (χ3n) is 11.5. The van der Waals surface area contributed by atoms with E-state index in [0.29, 0.717) is 17.5 Å². The topological polar surface area (TPSA) is 55.1 Å². The molecular formula is C52H36N4O. The van der Waals surface area contributed by atoms with Crippen LogP contribution in [-0.4, -0.2) is 15.0 Å². The Morgan fingerprint density at radius 1 is 0.439 bits per heavy atom. The van der Waals surface area contributed by atoms with Crippen molar-refractivity contribution < 1.29 is 4.42 Å². The van der Waals surface area contributed by atoms with Gasteiger partial charge >= 0.3 is 0 Å². The Hall–Kier alpha value is -7.37. The highest BCUT2D eigenvalue weighted by Gasteiger charge is 2.36. The van der Waals surface area contributed by atoms with Crippen molar-refractivity contribution in [2.45, 2.75) is 19.3 Å². The lowest BCUT2D eigenvalue weighted by Crippen LogP contribution is -2.16. The number of aromatic nitrogens is 3. The van der Waals surface area contributed by atoms with Crippen LogP contribution in [0.4, 0.5) is 17.1 Å². The average Bonchev–Trinajstić information content (AvgIpc) is 3.76. The van der Waals surface area contributed by atoms with Gasteiger partial charge in [0.15, 0.2) is 17.5 Å². The van der Waals surface area contributed by atoms with Gasteiger partial charge in [-0.15, -0.1) is 0 Å². The third kappa shape index (κ3) is 5.27. The summed E-state index contributed by atoms with van der Waals surface area (Å²) in [6.07, 6.45) is 0. The summed E-state index contributed by atoms with van der Waals surface area (Å²) in [6, 6.07) is 63.7. The SMILES string of the molecule is CC1(C)c2ccccc2-c2ccc(N(c3ccccc3)c3cc4c5ccccc5oc4c4c(-c5nc(-c6ccccc6)nc(-c6ccccc6)n5)cccc34)cc21. The number of hydrogen-bond donors (Lipinski definition) is 0. The summed E-state index contributed by atoms with van der Waals surface area (Å²) in [6.45, 7) is 4.67. The number of anilines is 3. The molecule has 0 radical (unpaired) electrons. The van der Waals surface area contributed by atoms with E-state index < -0.39 is 0 Å². The van der Waals surface area contributed by atoms with Crippen LogP contribution in [0.25, 0.3) is 78.0 Å². The van der Waals surface area contributed by atoms with Crippen LogP contribution in [0.15, 0.2) is 186 Å². The molecule has 8 aromatic carbocycles. The Labute approximate surface area is 330 Å². The molecule has 0 saturated carbocycles. The maximum absolute atomic E-state index is 6.84. The zero-order valence-corrected chi connectivity index (χ0v) is 31.5. The summed E-state index contributed by atoms with van der Waals surface area (Å²) in [7, 11) is 0. The molecule has 0 saturated heterocycles. The molecule has 1 aliphatic carbocycles. The molecule has 5 nitrogen and oxygen atoms in total. The molecule has 10 aromatic rings. The van der Waals surface area contributed by atoms with Crippen molar-refractivity contribution in [1.29, 1.82) is 0 Å². The van der Waals surface area contributed by atoms with Crippen LogP contribution >= 0.6 is 0 Å². The van der Waals surface area contributed by atoms with Crippen molar-refractivity contribution in [3.63, 3.8) is 0 Å². The molecule has 0 spiro atoms. The number of para-hydroxylation sites is 2. The number of rotatable bonds is 6. The van der Waals surface area contributed by atoms with E-state index in [4.69, 9.17) is 19.4 Å². The lowest BCUT2D eigenvalue weighted by atomic mass is 9.82. The molecule has 0 amide bonds. The molecule has 57 heavy (non-hydrogen) atoms. The van der Waals surface area contributed by atoms with E-state index in [1.165, 1.54) is 22.3 Å². The minimum Gasteiger partial charge on any atom is -0.455 e. The van der Waals surface area contributed by atoms with Gasteiger partial charge in [0.25, 0.3) is 0 Å². The molecule has 11 rings (SSSR count). The van der Waals surface area contributed by atoms with Crippen LogP contribution in [0.5, 0.6) is 0 Å². The maximum Gasteiger partial charge on any atom is 0.164 e. The first-order valence-electron chi connectivity index (χ1n) is 19.4. The van der Waals surface area contributed by atoms with E-state index in [1.807, 2.05) is 72.8 Å². The fourth-order valence-corrected chi connectivity index (χ4v) is 8.76. The number of benzene rings is 8. The molecule has 2 heterocycles. The number of hydrogen-bond acceptors (Lipinski definition) is 5. The summed E-state index contributed by atoms with van der Waals surface area (Å²) >= 11 is 0. The highest BCUT2D eigenvalue weighted by atomic mass is 16.3. The fraction of sp³-hybridized carbons (Fsp3) is 0.0577. The first-order chi connectivity index (χ1) is 28.0. The molecular weight excluding hydrogens is 697 g/mol. The quantitative estimate of drug-likeness (QED) is 0.170. The van der Waals surface area contributed by atoms with Crippen LogP contribution in [-0.2, 0) is 5.41 Å². The van der Waals surface area contributed by atoms with Gasteiger partial charge in [-0.1, -0.05) is 159 Å². The first kappa shape index (κ1) is 33.0. The highest BCUT2D eigenvalue weighted by Crippen LogP contribution is 2.52. The van der Waals surface area contributed by atoms with Crippen molar-refractivity contribution in [2.24, 2.45) is 0 Å². The molecule has 2 aromatic heterocycles. The van der Waals surface area contributed by atoms with Crippen molar-refractivity contribution in [3.05, 3.63) is 193 Å². The van der Waals surface area contributed by atoms with Crippen LogP contribution in [0, 0.1) is 0 Å². The van der Waals surface area contributed by atoms with E-state index in [1.54, 1.807) is 0 Å². The van der Waals surface area contributed by atoms with Gasteiger partial charge in [0.1, 0.15) is 11.2 Å². The Balaban J connectivity index is 1.22. The molecule has 0 fully saturated rings. The second-order valence-electron chi connectivity index (χ2n) is 15.2. The molecule has 0 unspecified atom stereocenters. The van der Waals surface area contributed by atoms with Gasteiger partial charge in [0.2, 0.25) is 0 Å². The van der Waals surface area contributed by atoms with E-state index in [9.17, 15) is 0 Å². The predicted molar refractivity (Wildman–Crippen MR) is 233 cm³/mol. The Bertz CT molecular complexity index is 3100. The van der Waals surface area contributed by atoms with Gasteiger partial charge in [0.05, 0.1) is 5.69 Å². The number of furan rings is 1. The number of fused-ring (bicyclic) bond motifs is 8. The van der Waals surface area contributed by atoms with Crippen molar-refractivity contribution in [1.82, 2.24) is 15.0 Å². The molecule has 0 aliphatic heterocycles. The third-order valence-corrected chi connectivity index (χ3v) is 11.5. The standard InChI is InChI=1S/C52H36N4O/c1-52(2)43-27-14-12-23-37(43)38-30-29-36(31-44(38)52)56(35-21-10-5-11-22-35)45-32-42-39-24-13-15-28-46(39)57-48(42)47-40(45)25-16-26-41(47)51-54-49(33-17-6-3-7-18-33)53-50(55-51)34-19-8-4-9-20-34/h3-32H,1-2H3. The molecule has 5 heteroatoms. The van der Waals surface area contributed by atoms with Crippen LogP contribution in [0.2, 0.25) is 0 Å². The smallest absolute Gasteiger partial charge is 0.164 e. The van der Waals surface area contributed by atoms with Crippen molar-refractivity contribution >= 4 is 49.8 Å². The van der Waals surface area contributed by atoms with E-state index >= 15 is 0 Å². The summed E-state index contributed by atoms with van der Waals surface area (Å²) in [4.78, 5) is 17.8. The van der Waals surface area contributed by atoms with Gasteiger partial charge < -0.3 is 9.32 Å². The Kier molecular flexibility index (Phi) is 7.45. The largest absolute Gasteiger partial charge is 0.455 e. The predicted octanol–water partition coefficient (Wildman–Crippen LogP) is 13.7. The zero-order chi connectivity index (χ0) is 38.1. The van der Waals surface area contributed by atoms with Crippen molar-refractivity contribution in [3.8, 4) is 45.3 Å². The van der Waals surface area contributed by atoms with E-state index in [-0.39, 0.29) is 5.41 Å². The molecule has 0 N–H and O–H groups in total. The Morgan fingerprint density at radius 3 is 1.75 bits per heavy atom. The van der Waals surface area contributed by atoms with Crippen LogP contribution in [0.3, 0.4) is 0 Å². The minimum atomic E-state index is -0.157. The maximum atomic E-state index is 6.84. The number of nitrogens with zero attached hydrogens (tertiary/aromatic N) is 4. The Morgan fingerprint density at radius 2 is 1.02 bits per heavy atom. The normalized spacial score (nSPS) is 12.9. The summed E-state index contributed by atoms with van der Waals surface area (Å²) in [5, 5.41) is 4.04. The summed E-state index contributed by atoms with van der Waals surface area (Å²) < 4.78 is 6.84. The molecule has 1 aliphatic rings. The van der Waals surface area contributed by atoms with Gasteiger partial charge in [0, 0.05) is 55.0 Å². The van der Waals surface area contributed by atoms with Gasteiger partial charge in [-0.25, -0.2) is 15.0 Å². The monoisotopic (exact) mass is 732 g/mol. The lowest BCUT2D eigenvalue weighted by Gasteiger charge is -2.29. The van der Waals surface area contributed by atoms with E-state index in [2.05, 4.69) is 128 Å². The van der Waals surface area contributed by atoms with Crippen LogP contribution in [0.1, 0.15) is 25.0 Å². The summed E-state index contributed by atoms with van der Waals surface area (Å²) in [5.74, 6) is 1.80. The average molecular weight is 733 g/mol. The highest BCUT2D eigenvalue weighted by molar-refractivity contribution is 6.23. The van der Waals surface area contributed by atoms with Crippen molar-refractivity contribution in [2.75, 3.05) is 4.90 Å². The minimum absolute atomic E-state index is 0.157. The second kappa shape index (κ2) is 12.9. The first-order valence-corrected chi connectivity index (χ1v) is 19.4. The zero-order valence-electron chi connectivity index (χ0n) is 31.5. The van der Waals surface area contributed by atoms with Gasteiger partial charge in [-0.2, -0.15) is 0 Å². The lowest BCUT2D eigenvalue weighted by molar-refractivity contribution is 0.660. The molecule has 0 bridgehead atoms. The molecule has 0 atom stereocenters. The second-order valence-corrected chi connectivity index (χ2v) is 15.2. The van der Waals surface area contributed by atoms with Crippen LogP contribution < -0.4 is 4.90 Å². The fourth-order valence-electron chi connectivity index (χ4n) is 8.76. The molecule has 270 valence electrons. The summed E-state index contributed by atoms with van der Waals surface area (Å²) in [5.41, 5.74) is 12.6. The van der Waals surface area contributed by atoms with E-state index in [0.717, 1.165) is 66.5 Å².